The van der Waals surface area contributed by atoms with Gasteiger partial charge in [0.25, 0.3) is 0 Å². The molecule has 2 aliphatic rings. The molecule has 1 aromatic carbocycles. The van der Waals surface area contributed by atoms with E-state index in [1.54, 1.807) is 23.5 Å². The third kappa shape index (κ3) is 5.99. The van der Waals surface area contributed by atoms with E-state index in [1.165, 1.54) is 10.4 Å². The molecule has 2 fully saturated rings. The quantitative estimate of drug-likeness (QED) is 0.626. The molecule has 1 atom stereocenters. The van der Waals surface area contributed by atoms with E-state index < -0.39 is 5.60 Å². The van der Waals surface area contributed by atoms with Gasteiger partial charge in [0.2, 0.25) is 5.91 Å². The van der Waals surface area contributed by atoms with Crippen LogP contribution in [-0.4, -0.2) is 73.9 Å². The van der Waals surface area contributed by atoms with E-state index in [2.05, 4.69) is 23.3 Å². The Balaban J connectivity index is 1.48. The van der Waals surface area contributed by atoms with Crippen LogP contribution in [-0.2, 0) is 20.8 Å². The summed E-state index contributed by atoms with van der Waals surface area (Å²) in [5.41, 5.74) is 0.613. The van der Waals surface area contributed by atoms with Gasteiger partial charge in [-0.3, -0.25) is 9.69 Å². The van der Waals surface area contributed by atoms with Gasteiger partial charge in [-0.25, -0.2) is 0 Å². The number of ether oxygens (including phenoxy) is 3. The maximum atomic E-state index is 13.1. The van der Waals surface area contributed by atoms with Crippen LogP contribution >= 0.6 is 22.9 Å². The molecule has 1 aromatic heterocycles. The summed E-state index contributed by atoms with van der Waals surface area (Å²) in [6.45, 7) is 7.81. The Kier molecular flexibility index (Phi) is 7.51. The molecule has 0 radical (unpaired) electrons. The molecule has 2 aliphatic heterocycles. The second-order valence-electron chi connectivity index (χ2n) is 8.18. The normalized spacial score (nSPS) is 22.5. The molecule has 0 unspecified atom stereocenters. The second kappa shape index (κ2) is 10.3. The molecule has 1 amide bonds. The summed E-state index contributed by atoms with van der Waals surface area (Å²) in [5.74, 6) is 0.814. The fourth-order valence-corrected chi connectivity index (χ4v) is 5.09. The van der Waals surface area contributed by atoms with E-state index in [0.717, 1.165) is 18.8 Å². The number of hydrogen-bond acceptors (Lipinski definition) is 6. The van der Waals surface area contributed by atoms with Crippen molar-refractivity contribution in [2.24, 2.45) is 0 Å². The Morgan fingerprint density at radius 3 is 2.65 bits per heavy atom. The van der Waals surface area contributed by atoms with E-state index in [0.29, 0.717) is 57.5 Å². The average Bonchev–Trinajstić information content (AvgIpc) is 3.18. The van der Waals surface area contributed by atoms with Crippen molar-refractivity contribution in [2.45, 2.75) is 25.5 Å². The summed E-state index contributed by atoms with van der Waals surface area (Å²) in [6, 6.07) is 9.44. The molecule has 3 heterocycles. The highest BCUT2D eigenvalue weighted by molar-refractivity contribution is 7.10. The Bertz CT molecular complexity index is 869. The summed E-state index contributed by atoms with van der Waals surface area (Å²) >= 11 is 7.77. The van der Waals surface area contributed by atoms with Crippen molar-refractivity contribution in [1.82, 2.24) is 9.80 Å². The Hall–Kier alpha value is -1.64. The maximum Gasteiger partial charge on any atom is 0.225 e. The summed E-state index contributed by atoms with van der Waals surface area (Å²) < 4.78 is 17.8. The number of nitrogens with zero attached hydrogens (tertiary/aromatic N) is 2. The first-order chi connectivity index (χ1) is 15.0. The number of morpholine rings is 2. The highest BCUT2D eigenvalue weighted by Crippen LogP contribution is 2.28. The minimum Gasteiger partial charge on any atom is -0.491 e. The fourth-order valence-electron chi connectivity index (χ4n) is 4.02. The molecule has 0 spiro atoms. The van der Waals surface area contributed by atoms with Crippen molar-refractivity contribution >= 4 is 28.8 Å². The summed E-state index contributed by atoms with van der Waals surface area (Å²) in [4.78, 5) is 18.7. The highest BCUT2D eigenvalue weighted by atomic mass is 35.5. The molecule has 2 aromatic rings. The van der Waals surface area contributed by atoms with Crippen molar-refractivity contribution in [3.63, 3.8) is 0 Å². The molecule has 4 rings (SSSR count). The van der Waals surface area contributed by atoms with Crippen LogP contribution in [0.5, 0.6) is 5.75 Å². The van der Waals surface area contributed by atoms with Crippen molar-refractivity contribution < 1.29 is 19.0 Å². The number of carbonyl (C=O) groups is 1. The summed E-state index contributed by atoms with van der Waals surface area (Å²) in [5, 5.41) is 2.79. The predicted octanol–water partition coefficient (Wildman–Crippen LogP) is 3.61. The Labute approximate surface area is 192 Å². The molecule has 0 aliphatic carbocycles. The number of thiophene rings is 1. The van der Waals surface area contributed by atoms with Gasteiger partial charge < -0.3 is 19.1 Å². The lowest BCUT2D eigenvalue weighted by Gasteiger charge is -2.43. The summed E-state index contributed by atoms with van der Waals surface area (Å²) in [7, 11) is 0. The SMILES string of the molecule is Cc1ccsc1CN1CCO[C@@](COc2ccc(Cl)cc2)(CC(=O)N2CCOCC2)C1. The summed E-state index contributed by atoms with van der Waals surface area (Å²) in [6.07, 6.45) is 0.292. The molecule has 8 heteroatoms. The van der Waals surface area contributed by atoms with E-state index in [9.17, 15) is 4.79 Å². The second-order valence-corrected chi connectivity index (χ2v) is 9.62. The topological polar surface area (TPSA) is 51.2 Å². The number of amides is 1. The largest absolute Gasteiger partial charge is 0.491 e. The standard InChI is InChI=1S/C23H29ClN2O4S/c1-18-6-13-31-21(18)15-25-7-12-30-23(16-25,14-22(27)26-8-10-28-11-9-26)17-29-20-4-2-19(24)3-5-20/h2-6,13H,7-12,14-17H2,1H3/t23-/m0/s1. The van der Waals surface area contributed by atoms with Gasteiger partial charge in [-0.2, -0.15) is 0 Å². The third-order valence-corrected chi connectivity index (χ3v) is 7.08. The Morgan fingerprint density at radius 2 is 1.94 bits per heavy atom. The molecule has 0 saturated carbocycles. The number of halogens is 1. The van der Waals surface area contributed by atoms with Gasteiger partial charge in [-0.1, -0.05) is 11.6 Å². The number of rotatable bonds is 7. The molecule has 0 bridgehead atoms. The Morgan fingerprint density at radius 1 is 1.16 bits per heavy atom. The first-order valence-corrected chi connectivity index (χ1v) is 11.9. The average molecular weight is 465 g/mol. The lowest BCUT2D eigenvalue weighted by atomic mass is 9.96. The van der Waals surface area contributed by atoms with Crippen LogP contribution in [0.1, 0.15) is 16.9 Å². The number of hydrogen-bond donors (Lipinski definition) is 0. The molecular formula is C23H29ClN2O4S. The predicted molar refractivity (Wildman–Crippen MR) is 122 cm³/mol. The monoisotopic (exact) mass is 464 g/mol. The number of carbonyl (C=O) groups excluding carboxylic acids is 1. The van der Waals surface area contributed by atoms with Gasteiger partial charge in [0.15, 0.2) is 0 Å². The smallest absolute Gasteiger partial charge is 0.225 e. The van der Waals surface area contributed by atoms with Crippen LogP contribution in [0.25, 0.3) is 0 Å². The zero-order chi connectivity index (χ0) is 21.7. The van der Waals surface area contributed by atoms with E-state index in [4.69, 9.17) is 25.8 Å². The van der Waals surface area contributed by atoms with Crippen LogP contribution in [0.4, 0.5) is 0 Å². The minimum absolute atomic E-state index is 0.0946. The van der Waals surface area contributed by atoms with Crippen molar-refractivity contribution in [1.29, 1.82) is 0 Å². The van der Waals surface area contributed by atoms with Crippen molar-refractivity contribution in [3.8, 4) is 5.75 Å². The van der Waals surface area contributed by atoms with Gasteiger partial charge in [-0.05, 0) is 48.2 Å². The molecular weight excluding hydrogens is 436 g/mol. The molecule has 168 valence electrons. The molecule has 2 saturated heterocycles. The first-order valence-electron chi connectivity index (χ1n) is 10.7. The van der Waals surface area contributed by atoms with Gasteiger partial charge in [-0.15, -0.1) is 11.3 Å². The number of aryl methyl sites for hydroxylation is 1. The lowest BCUT2D eigenvalue weighted by molar-refractivity contribution is -0.159. The van der Waals surface area contributed by atoms with Gasteiger partial charge in [0.1, 0.15) is 18.0 Å². The van der Waals surface area contributed by atoms with Crippen LogP contribution < -0.4 is 4.74 Å². The lowest BCUT2D eigenvalue weighted by Crippen LogP contribution is -2.57. The van der Waals surface area contributed by atoms with Crippen LogP contribution in [0.2, 0.25) is 5.02 Å². The molecule has 0 N–H and O–H groups in total. The van der Waals surface area contributed by atoms with Crippen LogP contribution in [0.15, 0.2) is 35.7 Å². The zero-order valence-electron chi connectivity index (χ0n) is 17.8. The third-order valence-electron chi connectivity index (χ3n) is 5.82. The van der Waals surface area contributed by atoms with Crippen molar-refractivity contribution in [3.05, 3.63) is 51.2 Å². The van der Waals surface area contributed by atoms with E-state index in [-0.39, 0.29) is 5.91 Å². The fraction of sp³-hybridized carbons (Fsp3) is 0.522. The zero-order valence-corrected chi connectivity index (χ0v) is 19.4. The maximum absolute atomic E-state index is 13.1. The van der Waals surface area contributed by atoms with E-state index in [1.807, 2.05) is 17.0 Å². The van der Waals surface area contributed by atoms with Crippen LogP contribution in [0.3, 0.4) is 0 Å². The highest BCUT2D eigenvalue weighted by Gasteiger charge is 2.41. The molecule has 6 nitrogen and oxygen atoms in total. The molecule has 31 heavy (non-hydrogen) atoms. The van der Waals surface area contributed by atoms with Crippen LogP contribution in [0, 0.1) is 6.92 Å². The first kappa shape index (κ1) is 22.6. The van der Waals surface area contributed by atoms with E-state index >= 15 is 0 Å². The van der Waals surface area contributed by atoms with Gasteiger partial charge >= 0.3 is 0 Å². The van der Waals surface area contributed by atoms with Gasteiger partial charge in [0.05, 0.1) is 26.2 Å². The minimum atomic E-state index is -0.696. The number of benzene rings is 1. The van der Waals surface area contributed by atoms with Gasteiger partial charge in [0, 0.05) is 42.6 Å². The van der Waals surface area contributed by atoms with Crippen molar-refractivity contribution in [2.75, 3.05) is 52.6 Å².